The number of hydrogen-bond donors (Lipinski definition) is 4. The fourth-order valence-electron chi connectivity index (χ4n) is 3.73. The van der Waals surface area contributed by atoms with Crippen LogP contribution in [0, 0.1) is 20.8 Å². The van der Waals surface area contributed by atoms with Crippen LogP contribution >= 0.6 is 0 Å². The van der Waals surface area contributed by atoms with E-state index in [2.05, 4.69) is 10.3 Å². The molecule has 29 heavy (non-hydrogen) atoms. The van der Waals surface area contributed by atoms with Crippen LogP contribution in [0.25, 0.3) is 10.9 Å². The molecule has 7 nitrogen and oxygen atoms in total. The molecule has 0 atom stereocenters. The van der Waals surface area contributed by atoms with E-state index in [4.69, 9.17) is 0 Å². The van der Waals surface area contributed by atoms with Crippen molar-refractivity contribution in [1.82, 2.24) is 14.9 Å². The van der Waals surface area contributed by atoms with Gasteiger partial charge in [0.1, 0.15) is 0 Å². The molecular weight excluding hydrogens is 369 g/mol. The van der Waals surface area contributed by atoms with Gasteiger partial charge in [-0.1, -0.05) is 0 Å². The number of amides is 1. The minimum absolute atomic E-state index is 0.0810. The molecular formula is C21H26BN3O4. The largest absolute Gasteiger partial charge is 0.488 e. The van der Waals surface area contributed by atoms with E-state index >= 15 is 0 Å². The molecule has 0 bridgehead atoms. The van der Waals surface area contributed by atoms with Gasteiger partial charge in [0.25, 0.3) is 11.5 Å². The molecule has 3 rings (SSSR count). The van der Waals surface area contributed by atoms with Crippen molar-refractivity contribution < 1.29 is 14.8 Å². The van der Waals surface area contributed by atoms with Gasteiger partial charge in [0, 0.05) is 46.5 Å². The fourth-order valence-corrected chi connectivity index (χ4v) is 3.73. The van der Waals surface area contributed by atoms with Gasteiger partial charge in [-0.05, 0) is 69.4 Å². The Morgan fingerprint density at radius 1 is 1.17 bits per heavy atom. The average molecular weight is 395 g/mol. The van der Waals surface area contributed by atoms with Gasteiger partial charge in [0.15, 0.2) is 0 Å². The van der Waals surface area contributed by atoms with Crippen LogP contribution in [-0.2, 0) is 6.54 Å². The van der Waals surface area contributed by atoms with Crippen LogP contribution in [0.3, 0.4) is 0 Å². The molecule has 2 aromatic heterocycles. The topological polar surface area (TPSA) is 107 Å². The normalized spacial score (nSPS) is 11.3. The van der Waals surface area contributed by atoms with Crippen molar-refractivity contribution >= 4 is 29.4 Å². The van der Waals surface area contributed by atoms with Gasteiger partial charge in [-0.15, -0.1) is 0 Å². The third-order valence-corrected chi connectivity index (χ3v) is 5.16. The van der Waals surface area contributed by atoms with Crippen LogP contribution in [0.1, 0.15) is 52.6 Å². The molecule has 0 saturated carbocycles. The van der Waals surface area contributed by atoms with Crippen LogP contribution in [0.15, 0.2) is 29.2 Å². The maximum Gasteiger partial charge on any atom is 0.488 e. The smallest absolute Gasteiger partial charge is 0.423 e. The fraction of sp³-hybridized carbons (Fsp3) is 0.333. The standard InChI is InChI=1S/C21H26BN3O4/c1-11(2)25-10-13(4)19-16(7-15(22(28)29)8-18(19)25)20(26)23-9-17-12(3)6-14(5)24-21(17)27/h6-8,10-11,28-29H,9H2,1-5H3,(H,23,26)(H,24,27). The number of carbonyl (C=O) groups excluding carboxylic acids is 1. The third kappa shape index (κ3) is 3.99. The molecule has 0 saturated heterocycles. The van der Waals surface area contributed by atoms with Gasteiger partial charge in [-0.3, -0.25) is 9.59 Å². The first-order valence-corrected chi connectivity index (χ1v) is 9.59. The van der Waals surface area contributed by atoms with Crippen LogP contribution in [0.5, 0.6) is 0 Å². The molecule has 4 N–H and O–H groups in total. The Balaban J connectivity index is 2.04. The molecule has 0 unspecified atom stereocenters. The van der Waals surface area contributed by atoms with E-state index in [-0.39, 0.29) is 29.5 Å². The average Bonchev–Trinajstić information content (AvgIpc) is 2.97. The number of aromatic amines is 1. The first kappa shape index (κ1) is 20.9. The van der Waals surface area contributed by atoms with Gasteiger partial charge >= 0.3 is 7.12 Å². The van der Waals surface area contributed by atoms with Crippen molar-refractivity contribution in [3.63, 3.8) is 0 Å². The van der Waals surface area contributed by atoms with Gasteiger partial charge in [0.05, 0.1) is 0 Å². The van der Waals surface area contributed by atoms with E-state index in [0.29, 0.717) is 11.1 Å². The second kappa shape index (κ2) is 7.89. The Hall–Kier alpha value is -2.84. The summed E-state index contributed by atoms with van der Waals surface area (Å²) in [5.74, 6) is -0.374. The monoisotopic (exact) mass is 395 g/mol. The summed E-state index contributed by atoms with van der Waals surface area (Å²) < 4.78 is 2.00. The SMILES string of the molecule is Cc1cc(C)c(CNC(=O)c2cc(B(O)O)cc3c2c(C)cn3C(C)C)c(=O)[nH]1. The molecule has 8 heteroatoms. The minimum atomic E-state index is -1.69. The highest BCUT2D eigenvalue weighted by Crippen LogP contribution is 2.27. The molecule has 0 aliphatic carbocycles. The number of aromatic nitrogens is 2. The van der Waals surface area contributed by atoms with E-state index in [0.717, 1.165) is 27.7 Å². The van der Waals surface area contributed by atoms with E-state index in [1.807, 2.05) is 44.5 Å². The summed E-state index contributed by atoms with van der Waals surface area (Å²) in [6, 6.07) is 5.18. The lowest BCUT2D eigenvalue weighted by Crippen LogP contribution is -2.33. The molecule has 1 amide bonds. The number of carbonyl (C=O) groups is 1. The summed E-state index contributed by atoms with van der Waals surface area (Å²) in [7, 11) is -1.69. The lowest BCUT2D eigenvalue weighted by atomic mass is 9.78. The second-order valence-corrected chi connectivity index (χ2v) is 7.78. The zero-order valence-electron chi connectivity index (χ0n) is 17.3. The number of hydrogen-bond acceptors (Lipinski definition) is 4. The van der Waals surface area contributed by atoms with Crippen LogP contribution < -0.4 is 16.3 Å². The molecule has 0 aliphatic rings. The highest BCUT2D eigenvalue weighted by Gasteiger charge is 2.22. The number of benzene rings is 1. The summed E-state index contributed by atoms with van der Waals surface area (Å²) in [6.07, 6.45) is 1.95. The molecule has 2 heterocycles. The first-order valence-electron chi connectivity index (χ1n) is 9.59. The highest BCUT2D eigenvalue weighted by molar-refractivity contribution is 6.59. The van der Waals surface area contributed by atoms with E-state index in [1.54, 1.807) is 13.0 Å². The zero-order valence-corrected chi connectivity index (χ0v) is 17.3. The van der Waals surface area contributed by atoms with Gasteiger partial charge in [0.2, 0.25) is 0 Å². The summed E-state index contributed by atoms with van der Waals surface area (Å²) in [6.45, 7) is 9.68. The number of nitrogens with one attached hydrogen (secondary N) is 2. The van der Waals surface area contributed by atoms with Crippen molar-refractivity contribution in [2.45, 2.75) is 47.2 Å². The quantitative estimate of drug-likeness (QED) is 0.491. The second-order valence-electron chi connectivity index (χ2n) is 7.78. The Kier molecular flexibility index (Phi) is 5.68. The predicted octanol–water partition coefficient (Wildman–Crippen LogP) is 1.45. The predicted molar refractivity (Wildman–Crippen MR) is 115 cm³/mol. The molecule has 0 aliphatic heterocycles. The molecule has 0 spiro atoms. The lowest BCUT2D eigenvalue weighted by Gasteiger charge is -2.13. The maximum atomic E-state index is 13.0. The van der Waals surface area contributed by atoms with Gasteiger partial charge in [-0.25, -0.2) is 0 Å². The van der Waals surface area contributed by atoms with Crippen molar-refractivity contribution in [2.24, 2.45) is 0 Å². The maximum absolute atomic E-state index is 13.0. The van der Waals surface area contributed by atoms with Crippen molar-refractivity contribution in [3.05, 3.63) is 62.7 Å². The first-order chi connectivity index (χ1) is 13.6. The summed E-state index contributed by atoms with van der Waals surface area (Å²) in [4.78, 5) is 28.0. The summed E-state index contributed by atoms with van der Waals surface area (Å²) in [5, 5.41) is 23.0. The number of rotatable bonds is 5. The molecule has 0 fully saturated rings. The summed E-state index contributed by atoms with van der Waals surface area (Å²) >= 11 is 0. The number of pyridine rings is 1. The number of fused-ring (bicyclic) bond motifs is 1. The molecule has 0 radical (unpaired) electrons. The van der Waals surface area contributed by atoms with E-state index in [1.165, 1.54) is 6.07 Å². The highest BCUT2D eigenvalue weighted by atomic mass is 16.4. The van der Waals surface area contributed by atoms with Crippen LogP contribution in [0.2, 0.25) is 0 Å². The zero-order chi connectivity index (χ0) is 21.5. The number of H-pyrrole nitrogens is 1. The lowest BCUT2D eigenvalue weighted by molar-refractivity contribution is 0.0952. The Bertz CT molecular complexity index is 1150. The Morgan fingerprint density at radius 3 is 2.45 bits per heavy atom. The third-order valence-electron chi connectivity index (χ3n) is 5.16. The van der Waals surface area contributed by atoms with Gasteiger partial charge < -0.3 is 24.9 Å². The molecule has 1 aromatic carbocycles. The van der Waals surface area contributed by atoms with Crippen LogP contribution in [-0.4, -0.2) is 32.6 Å². The van der Waals surface area contributed by atoms with Crippen molar-refractivity contribution in [2.75, 3.05) is 0 Å². The number of aryl methyl sites for hydroxylation is 3. The van der Waals surface area contributed by atoms with E-state index in [9.17, 15) is 19.6 Å². The summed E-state index contributed by atoms with van der Waals surface area (Å²) in [5.41, 5.74) is 4.11. The Morgan fingerprint density at radius 2 is 1.86 bits per heavy atom. The van der Waals surface area contributed by atoms with Gasteiger partial charge in [-0.2, -0.15) is 0 Å². The number of nitrogens with zero attached hydrogens (tertiary/aromatic N) is 1. The van der Waals surface area contributed by atoms with E-state index < -0.39 is 7.12 Å². The van der Waals surface area contributed by atoms with Crippen molar-refractivity contribution in [1.29, 1.82) is 0 Å². The Labute approximate surface area is 169 Å². The van der Waals surface area contributed by atoms with Crippen molar-refractivity contribution in [3.8, 4) is 0 Å². The molecule has 3 aromatic rings. The van der Waals surface area contributed by atoms with Crippen LogP contribution in [0.4, 0.5) is 0 Å². The molecule has 152 valence electrons. The minimum Gasteiger partial charge on any atom is -0.423 e.